The molecular weight excluding hydrogens is 200 g/mol. The van der Waals surface area contributed by atoms with Crippen molar-refractivity contribution in [3.05, 3.63) is 30.4 Å². The number of pyridine rings is 1. The molecule has 3 heterocycles. The van der Waals surface area contributed by atoms with Crippen molar-refractivity contribution in [1.82, 2.24) is 19.7 Å². The average Bonchev–Trinajstić information content (AvgIpc) is 2.75. The van der Waals surface area contributed by atoms with E-state index in [1.165, 1.54) is 12.8 Å². The zero-order valence-corrected chi connectivity index (χ0v) is 9.30. The molecule has 0 aliphatic carbocycles. The Morgan fingerprint density at radius 2 is 2.06 bits per heavy atom. The lowest BCUT2D eigenvalue weighted by atomic mass is 10.1. The van der Waals surface area contributed by atoms with Gasteiger partial charge >= 0.3 is 0 Å². The summed E-state index contributed by atoms with van der Waals surface area (Å²) < 4.78 is 2.26. The standard InChI is InChI=1S/C12H14N4/c1-9-3-2-4-11-14-15-12(16(9)11)10-5-7-13-8-6-10/h5-9H,2-4H2,1H3. The van der Waals surface area contributed by atoms with Gasteiger partial charge in [-0.25, -0.2) is 0 Å². The molecule has 1 aliphatic heterocycles. The minimum atomic E-state index is 0.502. The molecule has 0 spiro atoms. The molecule has 4 heteroatoms. The maximum atomic E-state index is 4.30. The molecular formula is C12H14N4. The molecule has 2 aromatic heterocycles. The van der Waals surface area contributed by atoms with E-state index in [1.807, 2.05) is 12.1 Å². The van der Waals surface area contributed by atoms with Crippen LogP contribution in [0.15, 0.2) is 24.5 Å². The Bertz CT molecular complexity index is 489. The molecule has 3 rings (SSSR count). The first-order valence-corrected chi connectivity index (χ1v) is 5.70. The third kappa shape index (κ3) is 1.41. The van der Waals surface area contributed by atoms with Crippen LogP contribution in [-0.2, 0) is 6.42 Å². The smallest absolute Gasteiger partial charge is 0.164 e. The van der Waals surface area contributed by atoms with E-state index in [2.05, 4.69) is 26.7 Å². The Balaban J connectivity index is 2.13. The van der Waals surface area contributed by atoms with Crippen LogP contribution in [0.25, 0.3) is 11.4 Å². The molecule has 16 heavy (non-hydrogen) atoms. The number of aromatic nitrogens is 4. The van der Waals surface area contributed by atoms with Crippen LogP contribution in [0, 0.1) is 0 Å². The van der Waals surface area contributed by atoms with Gasteiger partial charge in [0.2, 0.25) is 0 Å². The summed E-state index contributed by atoms with van der Waals surface area (Å²) in [6.07, 6.45) is 7.07. The van der Waals surface area contributed by atoms with E-state index in [9.17, 15) is 0 Å². The van der Waals surface area contributed by atoms with Crippen LogP contribution in [0.5, 0.6) is 0 Å². The monoisotopic (exact) mass is 214 g/mol. The van der Waals surface area contributed by atoms with Crippen molar-refractivity contribution in [3.8, 4) is 11.4 Å². The quantitative estimate of drug-likeness (QED) is 0.731. The molecule has 0 fully saturated rings. The first kappa shape index (κ1) is 9.51. The van der Waals surface area contributed by atoms with Crippen LogP contribution < -0.4 is 0 Å². The van der Waals surface area contributed by atoms with Crippen molar-refractivity contribution in [2.75, 3.05) is 0 Å². The molecule has 1 unspecified atom stereocenters. The zero-order chi connectivity index (χ0) is 11.0. The molecule has 1 atom stereocenters. The Morgan fingerprint density at radius 1 is 1.25 bits per heavy atom. The van der Waals surface area contributed by atoms with Crippen molar-refractivity contribution < 1.29 is 0 Å². The number of fused-ring (bicyclic) bond motifs is 1. The third-order valence-electron chi connectivity index (χ3n) is 3.17. The van der Waals surface area contributed by atoms with Gasteiger partial charge in [-0.05, 0) is 31.9 Å². The highest BCUT2D eigenvalue weighted by Crippen LogP contribution is 2.28. The predicted molar refractivity (Wildman–Crippen MR) is 60.9 cm³/mol. The fraction of sp³-hybridized carbons (Fsp3) is 0.417. The Hall–Kier alpha value is -1.71. The summed E-state index contributed by atoms with van der Waals surface area (Å²) in [4.78, 5) is 4.03. The summed E-state index contributed by atoms with van der Waals surface area (Å²) in [6, 6.07) is 4.47. The SMILES string of the molecule is CC1CCCc2nnc(-c3ccncc3)n21. The second-order valence-electron chi connectivity index (χ2n) is 4.29. The lowest BCUT2D eigenvalue weighted by molar-refractivity contribution is 0.429. The van der Waals surface area contributed by atoms with Gasteiger partial charge in [0.15, 0.2) is 5.82 Å². The van der Waals surface area contributed by atoms with Crippen molar-refractivity contribution >= 4 is 0 Å². The van der Waals surface area contributed by atoms with Crippen molar-refractivity contribution in [1.29, 1.82) is 0 Å². The lowest BCUT2D eigenvalue weighted by Gasteiger charge is -2.22. The summed E-state index contributed by atoms with van der Waals surface area (Å²) in [7, 11) is 0. The van der Waals surface area contributed by atoms with Crippen LogP contribution in [0.2, 0.25) is 0 Å². The Kier molecular flexibility index (Phi) is 2.20. The van der Waals surface area contributed by atoms with Gasteiger partial charge in [0.05, 0.1) is 0 Å². The van der Waals surface area contributed by atoms with E-state index in [-0.39, 0.29) is 0 Å². The molecule has 82 valence electrons. The largest absolute Gasteiger partial charge is 0.308 e. The lowest BCUT2D eigenvalue weighted by Crippen LogP contribution is -2.16. The highest BCUT2D eigenvalue weighted by molar-refractivity contribution is 5.54. The molecule has 0 N–H and O–H groups in total. The number of rotatable bonds is 1. The van der Waals surface area contributed by atoms with Crippen LogP contribution in [0.1, 0.15) is 31.6 Å². The third-order valence-corrected chi connectivity index (χ3v) is 3.17. The minimum absolute atomic E-state index is 0.502. The topological polar surface area (TPSA) is 43.6 Å². The fourth-order valence-electron chi connectivity index (χ4n) is 2.34. The van der Waals surface area contributed by atoms with Crippen LogP contribution in [0.4, 0.5) is 0 Å². The maximum Gasteiger partial charge on any atom is 0.164 e. The molecule has 1 aliphatic rings. The summed E-state index contributed by atoms with van der Waals surface area (Å²) in [5.74, 6) is 2.09. The molecule has 0 saturated heterocycles. The summed E-state index contributed by atoms with van der Waals surface area (Å²) in [6.45, 7) is 2.23. The summed E-state index contributed by atoms with van der Waals surface area (Å²) in [5.41, 5.74) is 1.10. The molecule has 0 radical (unpaired) electrons. The maximum absolute atomic E-state index is 4.30. The second-order valence-corrected chi connectivity index (χ2v) is 4.29. The molecule has 0 bridgehead atoms. The normalized spacial score (nSPS) is 19.4. The predicted octanol–water partition coefficient (Wildman–Crippen LogP) is 2.24. The van der Waals surface area contributed by atoms with Crippen molar-refractivity contribution in [2.24, 2.45) is 0 Å². The first-order valence-electron chi connectivity index (χ1n) is 5.70. The van der Waals surface area contributed by atoms with Crippen LogP contribution in [0.3, 0.4) is 0 Å². The van der Waals surface area contributed by atoms with Crippen molar-refractivity contribution in [2.45, 2.75) is 32.2 Å². The van der Waals surface area contributed by atoms with Gasteiger partial charge in [0.25, 0.3) is 0 Å². The highest BCUT2D eigenvalue weighted by atomic mass is 15.3. The molecule has 2 aromatic rings. The molecule has 0 amide bonds. The van der Waals surface area contributed by atoms with Crippen molar-refractivity contribution in [3.63, 3.8) is 0 Å². The zero-order valence-electron chi connectivity index (χ0n) is 9.30. The number of hydrogen-bond donors (Lipinski definition) is 0. The average molecular weight is 214 g/mol. The van der Waals surface area contributed by atoms with E-state index in [0.717, 1.165) is 23.6 Å². The minimum Gasteiger partial charge on any atom is -0.308 e. The van der Waals surface area contributed by atoms with Gasteiger partial charge < -0.3 is 4.57 Å². The molecule has 4 nitrogen and oxygen atoms in total. The van der Waals surface area contributed by atoms with E-state index >= 15 is 0 Å². The van der Waals surface area contributed by atoms with E-state index in [0.29, 0.717) is 6.04 Å². The summed E-state index contributed by atoms with van der Waals surface area (Å²) in [5, 5.41) is 8.58. The second kappa shape index (κ2) is 3.70. The fourth-order valence-corrected chi connectivity index (χ4v) is 2.34. The Labute approximate surface area is 94.4 Å². The first-order chi connectivity index (χ1) is 7.86. The van der Waals surface area contributed by atoms with E-state index < -0.39 is 0 Å². The van der Waals surface area contributed by atoms with Gasteiger partial charge in [-0.3, -0.25) is 4.98 Å². The highest BCUT2D eigenvalue weighted by Gasteiger charge is 2.21. The van der Waals surface area contributed by atoms with Gasteiger partial charge in [-0.15, -0.1) is 10.2 Å². The van der Waals surface area contributed by atoms with Crippen LogP contribution >= 0.6 is 0 Å². The Morgan fingerprint density at radius 3 is 2.88 bits per heavy atom. The number of aryl methyl sites for hydroxylation is 1. The number of hydrogen-bond acceptors (Lipinski definition) is 3. The van der Waals surface area contributed by atoms with Gasteiger partial charge in [-0.2, -0.15) is 0 Å². The van der Waals surface area contributed by atoms with Gasteiger partial charge in [0.1, 0.15) is 5.82 Å². The molecule has 0 aromatic carbocycles. The van der Waals surface area contributed by atoms with Crippen LogP contribution in [-0.4, -0.2) is 19.7 Å². The molecule has 0 saturated carbocycles. The summed E-state index contributed by atoms with van der Waals surface area (Å²) >= 11 is 0. The van der Waals surface area contributed by atoms with Gasteiger partial charge in [-0.1, -0.05) is 0 Å². The van der Waals surface area contributed by atoms with Gasteiger partial charge in [0, 0.05) is 30.4 Å². The number of nitrogens with zero attached hydrogens (tertiary/aromatic N) is 4. The van der Waals surface area contributed by atoms with E-state index in [1.54, 1.807) is 12.4 Å². The van der Waals surface area contributed by atoms with E-state index in [4.69, 9.17) is 0 Å².